The zero-order valence-corrected chi connectivity index (χ0v) is 13.5. The van der Waals surface area contributed by atoms with Crippen LogP contribution in [0.1, 0.15) is 17.0 Å². The van der Waals surface area contributed by atoms with Crippen LogP contribution < -0.4 is 0 Å². The van der Waals surface area contributed by atoms with E-state index in [0.717, 1.165) is 9.87 Å². The Balaban J connectivity index is 2.04. The van der Waals surface area contributed by atoms with Crippen LogP contribution in [-0.2, 0) is 27.8 Å². The molecule has 0 aliphatic carbocycles. The fraction of sp³-hybridized carbons (Fsp3) is 0.188. The summed E-state index contributed by atoms with van der Waals surface area (Å²) in [4.78, 5) is 19.8. The van der Waals surface area contributed by atoms with E-state index >= 15 is 0 Å². The number of sulfonamides is 1. The summed E-state index contributed by atoms with van der Waals surface area (Å²) in [5, 5.41) is 9.46. The smallest absolute Gasteiger partial charge is 0.322 e. The third-order valence-corrected chi connectivity index (χ3v) is 5.78. The van der Waals surface area contributed by atoms with Crippen molar-refractivity contribution in [3.05, 3.63) is 60.2 Å². The summed E-state index contributed by atoms with van der Waals surface area (Å²) in [5.74, 6) is -1.21. The van der Waals surface area contributed by atoms with Crippen LogP contribution in [0, 0.1) is 0 Å². The first kappa shape index (κ1) is 16.3. The summed E-state index contributed by atoms with van der Waals surface area (Å²) in [6.07, 6.45) is 4.52. The van der Waals surface area contributed by atoms with Crippen molar-refractivity contribution in [2.75, 3.05) is 0 Å². The van der Waals surface area contributed by atoms with Gasteiger partial charge in [0.05, 0.1) is 22.8 Å². The van der Waals surface area contributed by atoms with Crippen LogP contribution in [0.4, 0.5) is 0 Å². The molecular formula is C16H15N3O4S. The van der Waals surface area contributed by atoms with E-state index in [4.69, 9.17) is 0 Å². The SMILES string of the molecule is C=Cc1ccc(S(=O)(=O)N2Cc3nccnc3C[C@@H]2C(=O)O)cc1. The molecule has 0 saturated heterocycles. The van der Waals surface area contributed by atoms with Crippen molar-refractivity contribution in [1.29, 1.82) is 0 Å². The van der Waals surface area contributed by atoms with E-state index < -0.39 is 22.0 Å². The summed E-state index contributed by atoms with van der Waals surface area (Å²) in [5.41, 5.74) is 1.76. The van der Waals surface area contributed by atoms with Crippen LogP contribution in [-0.4, -0.2) is 39.8 Å². The lowest BCUT2D eigenvalue weighted by atomic mass is 10.1. The second-order valence-corrected chi connectivity index (χ2v) is 7.22. The van der Waals surface area contributed by atoms with Crippen molar-refractivity contribution in [1.82, 2.24) is 14.3 Å². The fourth-order valence-corrected chi connectivity index (χ4v) is 4.16. The number of benzene rings is 1. The van der Waals surface area contributed by atoms with Crippen LogP contribution in [0.2, 0.25) is 0 Å². The number of hydrogen-bond donors (Lipinski definition) is 1. The van der Waals surface area contributed by atoms with E-state index in [0.29, 0.717) is 11.4 Å². The molecule has 124 valence electrons. The Morgan fingerprint density at radius 2 is 1.83 bits per heavy atom. The Bertz CT molecular complexity index is 894. The predicted octanol–water partition coefficient (Wildman–Crippen LogP) is 1.32. The van der Waals surface area contributed by atoms with Crippen LogP contribution in [0.15, 0.2) is 48.1 Å². The van der Waals surface area contributed by atoms with Gasteiger partial charge in [-0.1, -0.05) is 24.8 Å². The third kappa shape index (κ3) is 2.81. The number of carboxylic acids is 1. The van der Waals surface area contributed by atoms with Crippen LogP contribution >= 0.6 is 0 Å². The molecule has 0 amide bonds. The van der Waals surface area contributed by atoms with E-state index in [1.54, 1.807) is 18.2 Å². The first-order valence-corrected chi connectivity index (χ1v) is 8.63. The molecule has 0 fully saturated rings. The van der Waals surface area contributed by atoms with Crippen molar-refractivity contribution in [3.8, 4) is 0 Å². The molecule has 1 N–H and O–H groups in total. The second kappa shape index (κ2) is 6.14. The van der Waals surface area contributed by atoms with Gasteiger partial charge in [0.15, 0.2) is 0 Å². The zero-order valence-electron chi connectivity index (χ0n) is 12.7. The highest BCUT2D eigenvalue weighted by atomic mass is 32.2. The van der Waals surface area contributed by atoms with Crippen molar-refractivity contribution < 1.29 is 18.3 Å². The van der Waals surface area contributed by atoms with Gasteiger partial charge in [0.2, 0.25) is 10.0 Å². The minimum Gasteiger partial charge on any atom is -0.480 e. The lowest BCUT2D eigenvalue weighted by Crippen LogP contribution is -2.49. The Morgan fingerprint density at radius 3 is 2.42 bits per heavy atom. The number of carbonyl (C=O) groups is 1. The lowest BCUT2D eigenvalue weighted by Gasteiger charge is -2.32. The maximum atomic E-state index is 12.9. The molecule has 1 aromatic heterocycles. The Kier molecular flexibility index (Phi) is 4.16. The van der Waals surface area contributed by atoms with Crippen molar-refractivity contribution >= 4 is 22.1 Å². The van der Waals surface area contributed by atoms with E-state index in [1.165, 1.54) is 24.5 Å². The highest BCUT2D eigenvalue weighted by Gasteiger charge is 2.40. The van der Waals surface area contributed by atoms with Crippen LogP contribution in [0.25, 0.3) is 6.08 Å². The molecule has 3 rings (SSSR count). The topological polar surface area (TPSA) is 100 Å². The number of fused-ring (bicyclic) bond motifs is 1. The molecule has 0 saturated carbocycles. The van der Waals surface area contributed by atoms with E-state index in [2.05, 4.69) is 16.5 Å². The summed E-state index contributed by atoms with van der Waals surface area (Å²) >= 11 is 0. The molecule has 7 nitrogen and oxygen atoms in total. The molecule has 1 aliphatic heterocycles. The molecule has 0 radical (unpaired) electrons. The van der Waals surface area contributed by atoms with Gasteiger partial charge in [0.1, 0.15) is 6.04 Å². The minimum atomic E-state index is -3.97. The Hall–Kier alpha value is -2.58. The summed E-state index contributed by atoms with van der Waals surface area (Å²) in [6.45, 7) is 3.50. The van der Waals surface area contributed by atoms with E-state index in [1.807, 2.05) is 0 Å². The number of hydrogen-bond acceptors (Lipinski definition) is 5. The van der Waals surface area contributed by atoms with Gasteiger partial charge < -0.3 is 5.11 Å². The van der Waals surface area contributed by atoms with Crippen LogP contribution in [0.5, 0.6) is 0 Å². The molecule has 1 aromatic carbocycles. The van der Waals surface area contributed by atoms with Gasteiger partial charge in [-0.05, 0) is 17.7 Å². The molecule has 24 heavy (non-hydrogen) atoms. The summed E-state index contributed by atoms with van der Waals surface area (Å²) in [6, 6.07) is 4.91. The minimum absolute atomic E-state index is 0.0114. The number of rotatable bonds is 4. The molecule has 8 heteroatoms. The van der Waals surface area contributed by atoms with Crippen molar-refractivity contribution in [2.45, 2.75) is 23.9 Å². The van der Waals surface area contributed by atoms with E-state index in [-0.39, 0.29) is 17.9 Å². The maximum absolute atomic E-state index is 12.9. The van der Waals surface area contributed by atoms with Gasteiger partial charge in [-0.15, -0.1) is 0 Å². The molecule has 0 bridgehead atoms. The first-order valence-electron chi connectivity index (χ1n) is 7.19. The average molecular weight is 345 g/mol. The van der Waals surface area contributed by atoms with Gasteiger partial charge in [-0.2, -0.15) is 4.31 Å². The second-order valence-electron chi connectivity index (χ2n) is 5.33. The molecule has 2 aromatic rings. The monoisotopic (exact) mass is 345 g/mol. The molecular weight excluding hydrogens is 330 g/mol. The zero-order chi connectivity index (χ0) is 17.3. The third-order valence-electron chi connectivity index (χ3n) is 3.91. The van der Waals surface area contributed by atoms with Crippen molar-refractivity contribution in [2.24, 2.45) is 0 Å². The van der Waals surface area contributed by atoms with Gasteiger partial charge in [0.25, 0.3) is 0 Å². The number of nitrogens with zero attached hydrogens (tertiary/aromatic N) is 3. The highest BCUT2D eigenvalue weighted by Crippen LogP contribution is 2.27. The predicted molar refractivity (Wildman–Crippen MR) is 86.4 cm³/mol. The number of carboxylic acid groups (broad SMARTS) is 1. The summed E-state index contributed by atoms with van der Waals surface area (Å²) < 4.78 is 26.8. The van der Waals surface area contributed by atoms with Gasteiger partial charge in [-0.25, -0.2) is 8.42 Å². The molecule has 0 spiro atoms. The standard InChI is InChI=1S/C16H15N3O4S/c1-2-11-3-5-12(6-4-11)24(22,23)19-10-14-13(17-7-8-18-14)9-15(19)16(20)21/h2-8,15H,1,9-10H2,(H,20,21)/t15-/m1/s1. The average Bonchev–Trinajstić information content (AvgIpc) is 2.60. The number of aliphatic carboxylic acids is 1. The van der Waals surface area contributed by atoms with Crippen molar-refractivity contribution in [3.63, 3.8) is 0 Å². The first-order chi connectivity index (χ1) is 11.4. The highest BCUT2D eigenvalue weighted by molar-refractivity contribution is 7.89. The van der Waals surface area contributed by atoms with E-state index in [9.17, 15) is 18.3 Å². The largest absolute Gasteiger partial charge is 0.480 e. The molecule has 0 unspecified atom stereocenters. The van der Waals surface area contributed by atoms with Gasteiger partial charge in [0, 0.05) is 18.8 Å². The number of aromatic nitrogens is 2. The fourth-order valence-electron chi connectivity index (χ4n) is 2.62. The molecule has 1 atom stereocenters. The van der Waals surface area contributed by atoms with Gasteiger partial charge >= 0.3 is 5.97 Å². The molecule has 2 heterocycles. The summed E-state index contributed by atoms with van der Waals surface area (Å²) in [7, 11) is -3.97. The maximum Gasteiger partial charge on any atom is 0.322 e. The normalized spacial score (nSPS) is 17.9. The molecule has 1 aliphatic rings. The van der Waals surface area contributed by atoms with Crippen LogP contribution in [0.3, 0.4) is 0 Å². The van der Waals surface area contributed by atoms with Gasteiger partial charge in [-0.3, -0.25) is 14.8 Å². The Labute approximate surface area is 139 Å². The lowest BCUT2D eigenvalue weighted by molar-refractivity contribution is -0.141. The quantitative estimate of drug-likeness (QED) is 0.897. The Morgan fingerprint density at radius 1 is 1.21 bits per heavy atom.